The minimum atomic E-state index is -0.173. The molecule has 0 spiro atoms. The zero-order valence-corrected chi connectivity index (χ0v) is 12.5. The van der Waals surface area contributed by atoms with Crippen LogP contribution in [0, 0.1) is 11.8 Å². The summed E-state index contributed by atoms with van der Waals surface area (Å²) in [5, 5.41) is 0. The van der Waals surface area contributed by atoms with E-state index < -0.39 is 0 Å². The van der Waals surface area contributed by atoms with Crippen LogP contribution >= 0.6 is 0 Å². The normalized spacial score (nSPS) is 40.2. The maximum Gasteiger partial charge on any atom is 0.226 e. The second kappa shape index (κ2) is 5.80. The third kappa shape index (κ3) is 3.29. The first kappa shape index (κ1) is 14.8. The maximum atomic E-state index is 12.7. The van der Waals surface area contributed by atoms with Crippen molar-refractivity contribution >= 4 is 5.91 Å². The van der Waals surface area contributed by atoms with Gasteiger partial charge in [0.2, 0.25) is 5.91 Å². The van der Waals surface area contributed by atoms with Crippen molar-refractivity contribution in [1.82, 2.24) is 4.90 Å². The average molecular weight is 268 g/mol. The van der Waals surface area contributed by atoms with Crippen LogP contribution < -0.4 is 5.73 Å². The SMILES string of the molecule is COC1(C)CCCN(C(=O)C2CC(N)CCC2C)C1. The van der Waals surface area contributed by atoms with Crippen molar-refractivity contribution in [2.24, 2.45) is 17.6 Å². The Balaban J connectivity index is 2.02. The molecule has 1 heterocycles. The number of carbonyl (C=O) groups is 1. The molecular weight excluding hydrogens is 240 g/mol. The van der Waals surface area contributed by atoms with Crippen molar-refractivity contribution in [3.63, 3.8) is 0 Å². The summed E-state index contributed by atoms with van der Waals surface area (Å²) in [5.41, 5.74) is 5.87. The summed E-state index contributed by atoms with van der Waals surface area (Å²) < 4.78 is 5.58. The zero-order chi connectivity index (χ0) is 14.0. The van der Waals surface area contributed by atoms with Crippen LogP contribution in [0.25, 0.3) is 0 Å². The van der Waals surface area contributed by atoms with Gasteiger partial charge in [0.05, 0.1) is 5.60 Å². The maximum absolute atomic E-state index is 12.7. The van der Waals surface area contributed by atoms with Crippen molar-refractivity contribution in [1.29, 1.82) is 0 Å². The minimum absolute atomic E-state index is 0.114. The van der Waals surface area contributed by atoms with E-state index in [-0.39, 0.29) is 17.6 Å². The van der Waals surface area contributed by atoms with E-state index in [2.05, 4.69) is 13.8 Å². The fourth-order valence-electron chi connectivity index (χ4n) is 3.49. The van der Waals surface area contributed by atoms with E-state index in [1.54, 1.807) is 7.11 Å². The Kier molecular flexibility index (Phi) is 4.51. The van der Waals surface area contributed by atoms with Crippen molar-refractivity contribution < 1.29 is 9.53 Å². The second-order valence-corrected chi connectivity index (χ2v) is 6.67. The van der Waals surface area contributed by atoms with E-state index in [4.69, 9.17) is 10.5 Å². The molecule has 1 amide bonds. The number of ether oxygens (including phenoxy) is 1. The molecule has 4 nitrogen and oxygen atoms in total. The molecule has 110 valence electrons. The molecule has 1 aliphatic heterocycles. The Morgan fingerprint density at radius 2 is 2.16 bits per heavy atom. The van der Waals surface area contributed by atoms with E-state index in [0.717, 1.165) is 45.2 Å². The van der Waals surface area contributed by atoms with Crippen LogP contribution in [0.2, 0.25) is 0 Å². The lowest BCUT2D eigenvalue weighted by Crippen LogP contribution is -2.53. The highest BCUT2D eigenvalue weighted by Crippen LogP contribution is 2.32. The molecule has 2 aliphatic rings. The van der Waals surface area contributed by atoms with Gasteiger partial charge in [-0.25, -0.2) is 0 Å². The van der Waals surface area contributed by atoms with Gasteiger partial charge >= 0.3 is 0 Å². The van der Waals surface area contributed by atoms with Gasteiger partial charge in [-0.15, -0.1) is 0 Å². The first-order chi connectivity index (χ1) is 8.95. The number of nitrogens with zero attached hydrogens (tertiary/aromatic N) is 1. The predicted molar refractivity (Wildman–Crippen MR) is 75.7 cm³/mol. The first-order valence-corrected chi connectivity index (χ1v) is 7.55. The van der Waals surface area contributed by atoms with Crippen molar-refractivity contribution in [3.05, 3.63) is 0 Å². The third-order valence-corrected chi connectivity index (χ3v) is 5.02. The van der Waals surface area contributed by atoms with Gasteiger partial charge in [-0.2, -0.15) is 0 Å². The van der Waals surface area contributed by atoms with Gasteiger partial charge in [0.15, 0.2) is 0 Å². The Hall–Kier alpha value is -0.610. The third-order valence-electron chi connectivity index (χ3n) is 5.02. The molecule has 1 aliphatic carbocycles. The lowest BCUT2D eigenvalue weighted by Gasteiger charge is -2.42. The van der Waals surface area contributed by atoms with E-state index >= 15 is 0 Å². The van der Waals surface area contributed by atoms with Crippen LogP contribution in [0.4, 0.5) is 0 Å². The van der Waals surface area contributed by atoms with Gasteiger partial charge in [0, 0.05) is 32.2 Å². The van der Waals surface area contributed by atoms with E-state index in [1.165, 1.54) is 0 Å². The number of rotatable bonds is 2. The lowest BCUT2D eigenvalue weighted by molar-refractivity contribution is -0.146. The zero-order valence-electron chi connectivity index (χ0n) is 12.5. The molecule has 1 saturated heterocycles. The number of nitrogens with two attached hydrogens (primary N) is 1. The van der Waals surface area contributed by atoms with E-state index in [1.807, 2.05) is 4.90 Å². The summed E-state index contributed by atoms with van der Waals surface area (Å²) in [7, 11) is 1.74. The molecule has 1 saturated carbocycles. The fourth-order valence-corrected chi connectivity index (χ4v) is 3.49. The largest absolute Gasteiger partial charge is 0.377 e. The number of likely N-dealkylation sites (tertiary alicyclic amines) is 1. The monoisotopic (exact) mass is 268 g/mol. The van der Waals surface area contributed by atoms with Crippen LogP contribution in [0.15, 0.2) is 0 Å². The van der Waals surface area contributed by atoms with Crippen LogP contribution in [-0.2, 0) is 9.53 Å². The smallest absolute Gasteiger partial charge is 0.226 e. The topological polar surface area (TPSA) is 55.6 Å². The standard InChI is InChI=1S/C15H28N2O2/c1-11-5-6-12(16)9-13(11)14(18)17-8-4-7-15(2,10-17)19-3/h11-13H,4-10,16H2,1-3H3. The Morgan fingerprint density at radius 3 is 2.84 bits per heavy atom. The van der Waals surface area contributed by atoms with Crippen LogP contribution in [0.3, 0.4) is 0 Å². The first-order valence-electron chi connectivity index (χ1n) is 7.55. The van der Waals surface area contributed by atoms with Gasteiger partial charge in [-0.1, -0.05) is 6.92 Å². The lowest BCUT2D eigenvalue weighted by atomic mass is 9.77. The summed E-state index contributed by atoms with van der Waals surface area (Å²) in [5.74, 6) is 0.872. The minimum Gasteiger partial charge on any atom is -0.377 e. The summed E-state index contributed by atoms with van der Waals surface area (Å²) >= 11 is 0. The fraction of sp³-hybridized carbons (Fsp3) is 0.933. The summed E-state index contributed by atoms with van der Waals surface area (Å²) in [6, 6.07) is 0.198. The van der Waals surface area contributed by atoms with Crippen molar-refractivity contribution in [2.75, 3.05) is 20.2 Å². The number of piperidine rings is 1. The molecule has 0 aromatic heterocycles. The summed E-state index contributed by atoms with van der Waals surface area (Å²) in [4.78, 5) is 14.7. The Bertz CT molecular complexity index is 334. The van der Waals surface area contributed by atoms with Crippen molar-refractivity contribution in [2.45, 2.75) is 57.6 Å². The van der Waals surface area contributed by atoms with Crippen LogP contribution in [0.5, 0.6) is 0 Å². The molecule has 2 N–H and O–H groups in total. The van der Waals surface area contributed by atoms with Gasteiger partial charge in [-0.3, -0.25) is 4.79 Å². The molecule has 0 aromatic carbocycles. The second-order valence-electron chi connectivity index (χ2n) is 6.67. The Morgan fingerprint density at radius 1 is 1.42 bits per heavy atom. The molecule has 4 atom stereocenters. The van der Waals surface area contributed by atoms with Gasteiger partial charge < -0.3 is 15.4 Å². The van der Waals surface area contributed by atoms with E-state index in [0.29, 0.717) is 11.8 Å². The van der Waals surface area contributed by atoms with E-state index in [9.17, 15) is 4.79 Å². The van der Waals surface area contributed by atoms with Gasteiger partial charge in [-0.05, 0) is 44.9 Å². The molecule has 0 aromatic rings. The summed E-state index contributed by atoms with van der Waals surface area (Å²) in [6.45, 7) is 5.88. The Labute approximate surface area is 116 Å². The number of amides is 1. The molecular formula is C15H28N2O2. The highest BCUT2D eigenvalue weighted by Gasteiger charge is 2.38. The molecule has 0 bridgehead atoms. The predicted octanol–water partition coefficient (Wildman–Crippen LogP) is 1.78. The highest BCUT2D eigenvalue weighted by molar-refractivity contribution is 5.79. The number of carbonyl (C=O) groups excluding carboxylic acids is 1. The molecule has 4 heteroatoms. The van der Waals surface area contributed by atoms with Crippen LogP contribution in [-0.4, -0.2) is 42.6 Å². The average Bonchev–Trinajstić information content (AvgIpc) is 2.41. The molecule has 0 radical (unpaired) electrons. The molecule has 19 heavy (non-hydrogen) atoms. The molecule has 2 fully saturated rings. The van der Waals surface area contributed by atoms with Crippen LogP contribution in [0.1, 0.15) is 46.0 Å². The number of hydrogen-bond acceptors (Lipinski definition) is 3. The highest BCUT2D eigenvalue weighted by atomic mass is 16.5. The number of methoxy groups -OCH3 is 1. The molecule has 2 rings (SSSR count). The van der Waals surface area contributed by atoms with Gasteiger partial charge in [0.25, 0.3) is 0 Å². The number of hydrogen-bond donors (Lipinski definition) is 1. The quantitative estimate of drug-likeness (QED) is 0.830. The summed E-state index contributed by atoms with van der Waals surface area (Å²) in [6.07, 6.45) is 5.05. The molecule has 4 unspecified atom stereocenters. The van der Waals surface area contributed by atoms with Gasteiger partial charge in [0.1, 0.15) is 0 Å². The van der Waals surface area contributed by atoms with Crippen molar-refractivity contribution in [3.8, 4) is 0 Å².